The average Bonchev–Trinajstić information content (AvgIpc) is 3.13. The van der Waals surface area contributed by atoms with Crippen LogP contribution in [0.25, 0.3) is 0 Å². The lowest BCUT2D eigenvalue weighted by Gasteiger charge is -2.23. The van der Waals surface area contributed by atoms with E-state index < -0.39 is 35.4 Å². The topological polar surface area (TPSA) is 201 Å². The number of aliphatic hydroxyl groups is 1. The number of carbonyl (C=O) groups is 6. The third-order valence-corrected chi connectivity index (χ3v) is 7.01. The Labute approximate surface area is 334 Å². The van der Waals surface area contributed by atoms with Gasteiger partial charge < -0.3 is 50.8 Å². The van der Waals surface area contributed by atoms with Gasteiger partial charge in [-0.2, -0.15) is 0 Å². The summed E-state index contributed by atoms with van der Waals surface area (Å²) in [5.74, 6) is -0.327. The molecule has 0 aliphatic carbocycles. The van der Waals surface area contributed by atoms with Crippen LogP contribution in [0.5, 0.6) is 0 Å². The van der Waals surface area contributed by atoms with Gasteiger partial charge in [-0.15, -0.1) is 0 Å². The van der Waals surface area contributed by atoms with Crippen molar-refractivity contribution in [3.63, 3.8) is 0 Å². The van der Waals surface area contributed by atoms with Crippen LogP contribution in [0.1, 0.15) is 92.7 Å². The molecule has 0 saturated carbocycles. The molecule has 2 aromatic carbocycles. The van der Waals surface area contributed by atoms with E-state index in [4.69, 9.17) is 14.6 Å². The second-order valence-corrected chi connectivity index (χ2v) is 15.0. The number of nitrogens with one attached hydrogen (secondary N) is 5. The molecule has 316 valence electrons. The molecule has 14 heteroatoms. The van der Waals surface area contributed by atoms with E-state index >= 15 is 0 Å². The predicted octanol–water partition coefficient (Wildman–Crippen LogP) is 4.90. The largest absolute Gasteiger partial charge is 0.444 e. The molecular weight excluding hydrogens is 718 g/mol. The summed E-state index contributed by atoms with van der Waals surface area (Å²) >= 11 is 0. The molecule has 0 radical (unpaired) electrons. The lowest BCUT2D eigenvalue weighted by molar-refractivity contribution is -0.130. The molecule has 56 heavy (non-hydrogen) atoms. The van der Waals surface area contributed by atoms with Gasteiger partial charge in [0.25, 0.3) is 0 Å². The summed E-state index contributed by atoms with van der Waals surface area (Å²) in [5, 5.41) is 20.5. The number of unbranched alkanes of at least 4 members (excludes halogenated alkanes) is 1. The second kappa shape index (κ2) is 30.4. The van der Waals surface area contributed by atoms with E-state index in [2.05, 4.69) is 33.5 Å². The summed E-state index contributed by atoms with van der Waals surface area (Å²) < 4.78 is 10.1. The molecule has 14 nitrogen and oxygen atoms in total. The molecule has 0 fully saturated rings. The number of ether oxygens (including phenoxy) is 2. The summed E-state index contributed by atoms with van der Waals surface area (Å²) in [6, 6.07) is 17.6. The Hall–Kier alpha value is -4.82. The van der Waals surface area contributed by atoms with E-state index in [0.717, 1.165) is 37.4 Å². The van der Waals surface area contributed by atoms with Gasteiger partial charge in [0.15, 0.2) is 0 Å². The van der Waals surface area contributed by atoms with E-state index in [-0.39, 0.29) is 30.4 Å². The minimum atomic E-state index is -0.649. The highest BCUT2D eigenvalue weighted by Crippen LogP contribution is 2.10. The molecule has 0 saturated heterocycles. The van der Waals surface area contributed by atoms with E-state index in [0.29, 0.717) is 32.1 Å². The Kier molecular flexibility index (Phi) is 28.9. The van der Waals surface area contributed by atoms with Crippen LogP contribution in [0.2, 0.25) is 0 Å². The zero-order chi connectivity index (χ0) is 43.2. The number of rotatable bonds is 17. The third kappa shape index (κ3) is 29.5. The highest BCUT2D eigenvalue weighted by atomic mass is 16.6. The molecule has 2 aromatic rings. The maximum Gasteiger partial charge on any atom is 0.408 e. The van der Waals surface area contributed by atoms with Crippen LogP contribution in [-0.2, 0) is 41.5 Å². The van der Waals surface area contributed by atoms with Gasteiger partial charge in [0, 0.05) is 13.7 Å². The van der Waals surface area contributed by atoms with Crippen LogP contribution < -0.4 is 26.6 Å². The van der Waals surface area contributed by atoms with Crippen molar-refractivity contribution in [1.82, 2.24) is 26.6 Å². The number of hydrogen-bond donors (Lipinski definition) is 6. The zero-order valence-electron chi connectivity index (χ0n) is 35.4. The quantitative estimate of drug-likeness (QED) is 0.0946. The maximum absolute atomic E-state index is 12.5. The smallest absolute Gasteiger partial charge is 0.408 e. The normalized spacial score (nSPS) is 12.2. The Morgan fingerprint density at radius 3 is 1.64 bits per heavy atom. The maximum atomic E-state index is 12.5. The number of amides is 4. The highest BCUT2D eigenvalue weighted by Gasteiger charge is 2.25. The van der Waals surface area contributed by atoms with Crippen molar-refractivity contribution in [1.29, 1.82) is 0 Å². The molecule has 0 heterocycles. The van der Waals surface area contributed by atoms with E-state index in [1.54, 1.807) is 27.8 Å². The van der Waals surface area contributed by atoms with Crippen molar-refractivity contribution < 1.29 is 43.3 Å². The van der Waals surface area contributed by atoms with Crippen LogP contribution in [0.15, 0.2) is 60.7 Å². The van der Waals surface area contributed by atoms with Crippen molar-refractivity contribution in [2.45, 2.75) is 124 Å². The molecule has 6 N–H and O–H groups in total. The second-order valence-electron chi connectivity index (χ2n) is 15.0. The fourth-order valence-electron chi connectivity index (χ4n) is 4.56. The molecule has 3 atom stereocenters. The fraction of sp³-hybridized carbons (Fsp3) is 0.571. The number of aliphatic hydroxyl groups excluding tert-OH is 1. The van der Waals surface area contributed by atoms with Gasteiger partial charge in [0.1, 0.15) is 29.8 Å². The molecule has 4 amide bonds. The minimum Gasteiger partial charge on any atom is -0.444 e. The first-order chi connectivity index (χ1) is 26.3. The number of carbonyl (C=O) groups excluding carboxylic acids is 6. The molecule has 0 aliphatic heterocycles. The Bertz CT molecular complexity index is 1380. The SMILES string of the molecule is CC(C)(C)OC(=O)NC(C=O)Cc1ccccc1.CCCCNC(=O)OC(C)(C)C.CN[C@H](Cc1ccccc1)C(=O)NC(CC(C)C)C(=O)NCC=O.CO. The van der Waals surface area contributed by atoms with Gasteiger partial charge in [0.05, 0.1) is 18.6 Å². The number of aldehydes is 2. The van der Waals surface area contributed by atoms with Crippen molar-refractivity contribution in [3.05, 3.63) is 71.8 Å². The van der Waals surface area contributed by atoms with Gasteiger partial charge in [-0.3, -0.25) is 9.59 Å². The Morgan fingerprint density at radius 2 is 1.21 bits per heavy atom. The van der Waals surface area contributed by atoms with Crippen LogP contribution in [0.4, 0.5) is 9.59 Å². The molecular formula is C42H69N5O9. The van der Waals surface area contributed by atoms with Gasteiger partial charge in [-0.25, -0.2) is 9.59 Å². The van der Waals surface area contributed by atoms with Crippen molar-refractivity contribution in [3.8, 4) is 0 Å². The lowest BCUT2D eigenvalue weighted by Crippen LogP contribution is -2.53. The van der Waals surface area contributed by atoms with Crippen LogP contribution in [0, 0.1) is 5.92 Å². The fourth-order valence-corrected chi connectivity index (χ4v) is 4.56. The Morgan fingerprint density at radius 1 is 0.714 bits per heavy atom. The molecule has 0 aliphatic rings. The highest BCUT2D eigenvalue weighted by molar-refractivity contribution is 5.90. The summed E-state index contributed by atoms with van der Waals surface area (Å²) in [6.07, 6.45) is 4.03. The van der Waals surface area contributed by atoms with Gasteiger partial charge in [-0.05, 0) is 91.3 Å². The summed E-state index contributed by atoms with van der Waals surface area (Å²) in [6.45, 7) is 17.6. The lowest BCUT2D eigenvalue weighted by atomic mass is 10.0. The van der Waals surface area contributed by atoms with Gasteiger partial charge in [-0.1, -0.05) is 87.9 Å². The van der Waals surface area contributed by atoms with Crippen molar-refractivity contribution >= 4 is 36.6 Å². The van der Waals surface area contributed by atoms with Crippen LogP contribution >= 0.6 is 0 Å². The van der Waals surface area contributed by atoms with E-state index in [1.807, 2.05) is 95.3 Å². The molecule has 0 spiro atoms. The molecule has 2 unspecified atom stereocenters. The monoisotopic (exact) mass is 788 g/mol. The first kappa shape index (κ1) is 53.3. The van der Waals surface area contributed by atoms with Crippen molar-refractivity contribution in [2.75, 3.05) is 27.2 Å². The summed E-state index contributed by atoms with van der Waals surface area (Å²) in [5.41, 5.74) is 1.07. The number of hydrogen-bond acceptors (Lipinski definition) is 10. The van der Waals surface area contributed by atoms with E-state index in [1.165, 1.54) is 0 Å². The average molecular weight is 788 g/mol. The van der Waals surface area contributed by atoms with Crippen molar-refractivity contribution in [2.24, 2.45) is 5.92 Å². The zero-order valence-corrected chi connectivity index (χ0v) is 35.4. The summed E-state index contributed by atoms with van der Waals surface area (Å²) in [7, 11) is 2.72. The predicted molar refractivity (Wildman–Crippen MR) is 220 cm³/mol. The molecule has 2 rings (SSSR count). The molecule has 0 bridgehead atoms. The molecule has 0 aromatic heterocycles. The number of likely N-dealkylation sites (N-methyl/N-ethyl adjacent to an activating group) is 1. The van der Waals surface area contributed by atoms with Crippen LogP contribution in [0.3, 0.4) is 0 Å². The number of alkyl carbamates (subject to hydrolysis) is 2. The van der Waals surface area contributed by atoms with Gasteiger partial charge >= 0.3 is 12.2 Å². The Balaban J connectivity index is 0. The standard InChI is InChI=1S/C18H27N3O3.C14H19NO3.C9H19NO2.CH4O/c1-13(2)11-16(17(23)20-9-10-22)21-18(24)15(19-3)12-14-7-5-4-6-8-14;1-14(2,3)18-13(17)15-12(10-16)9-11-7-5-4-6-8-11;1-5-6-7-10-8(11)12-9(2,3)4;1-2/h4-8,10,13,15-16,19H,9,11-12H2,1-3H3,(H,20,23)(H,21,24);4-8,10,12H,9H2,1-3H3,(H,15,17);5-7H2,1-4H3,(H,10,11);2H,1H3/t15-,16?;;;/m1.../s1. The first-order valence-corrected chi connectivity index (χ1v) is 19.0. The first-order valence-electron chi connectivity index (χ1n) is 19.0. The minimum absolute atomic E-state index is 0.0528. The number of benzene rings is 2. The van der Waals surface area contributed by atoms with E-state index in [9.17, 15) is 28.8 Å². The summed E-state index contributed by atoms with van der Waals surface area (Å²) in [4.78, 5) is 68.6. The van der Waals surface area contributed by atoms with Gasteiger partial charge in [0.2, 0.25) is 11.8 Å². The van der Waals surface area contributed by atoms with Crippen LogP contribution in [-0.4, -0.2) is 98.3 Å². The third-order valence-electron chi connectivity index (χ3n) is 7.01.